The molecule has 1 aromatic heterocycles. The predicted molar refractivity (Wildman–Crippen MR) is 132 cm³/mol. The van der Waals surface area contributed by atoms with Crippen molar-refractivity contribution in [1.29, 1.82) is 0 Å². The minimum atomic E-state index is -0.131. The number of aromatic nitrogens is 2. The Kier molecular flexibility index (Phi) is 6.89. The van der Waals surface area contributed by atoms with Crippen molar-refractivity contribution in [3.63, 3.8) is 0 Å². The van der Waals surface area contributed by atoms with Crippen LogP contribution in [0.25, 0.3) is 22.6 Å². The summed E-state index contributed by atoms with van der Waals surface area (Å²) in [6.45, 7) is 4.74. The van der Waals surface area contributed by atoms with Gasteiger partial charge in [0.25, 0.3) is 5.91 Å². The molecule has 33 heavy (non-hydrogen) atoms. The number of benzene rings is 3. The van der Waals surface area contributed by atoms with Crippen LogP contribution in [0, 0.1) is 0 Å². The van der Waals surface area contributed by atoms with E-state index in [2.05, 4.69) is 12.2 Å². The summed E-state index contributed by atoms with van der Waals surface area (Å²) in [7, 11) is 1.64. The maximum absolute atomic E-state index is 13.7. The summed E-state index contributed by atoms with van der Waals surface area (Å²) >= 11 is 0. The van der Waals surface area contributed by atoms with Gasteiger partial charge in [-0.25, -0.2) is 4.98 Å². The van der Waals surface area contributed by atoms with Gasteiger partial charge in [-0.05, 0) is 43.2 Å². The molecule has 1 atom stereocenters. The van der Waals surface area contributed by atoms with E-state index in [9.17, 15) is 4.79 Å². The van der Waals surface area contributed by atoms with E-state index in [-0.39, 0.29) is 11.9 Å². The van der Waals surface area contributed by atoms with Crippen LogP contribution in [-0.2, 0) is 6.54 Å². The summed E-state index contributed by atoms with van der Waals surface area (Å²) in [5, 5.41) is 3.25. The van der Waals surface area contributed by atoms with Gasteiger partial charge >= 0.3 is 0 Å². The van der Waals surface area contributed by atoms with Crippen LogP contribution in [0.5, 0.6) is 5.75 Å². The zero-order valence-corrected chi connectivity index (χ0v) is 19.3. The highest BCUT2D eigenvalue weighted by Gasteiger charge is 2.26. The summed E-state index contributed by atoms with van der Waals surface area (Å²) in [5.74, 6) is 1.41. The Morgan fingerprint density at radius 1 is 0.909 bits per heavy atom. The minimum Gasteiger partial charge on any atom is -0.497 e. The van der Waals surface area contributed by atoms with Gasteiger partial charge in [-0.2, -0.15) is 0 Å². The van der Waals surface area contributed by atoms with Crippen molar-refractivity contribution in [1.82, 2.24) is 14.9 Å². The van der Waals surface area contributed by atoms with Gasteiger partial charge in [0.05, 0.1) is 13.2 Å². The molecule has 0 aliphatic rings. The monoisotopic (exact) mass is 439 g/mol. The quantitative estimate of drug-likeness (QED) is 0.359. The van der Waals surface area contributed by atoms with Crippen molar-refractivity contribution < 1.29 is 9.53 Å². The van der Waals surface area contributed by atoms with Gasteiger partial charge in [-0.3, -0.25) is 4.79 Å². The van der Waals surface area contributed by atoms with Gasteiger partial charge in [0.15, 0.2) is 0 Å². The first-order chi connectivity index (χ1) is 16.2. The molecule has 0 radical (unpaired) electrons. The number of rotatable bonds is 8. The van der Waals surface area contributed by atoms with Crippen molar-refractivity contribution >= 4 is 5.91 Å². The molecule has 1 heterocycles. The Morgan fingerprint density at radius 2 is 1.55 bits per heavy atom. The molecule has 5 heteroatoms. The van der Waals surface area contributed by atoms with Crippen molar-refractivity contribution in [2.24, 2.45) is 0 Å². The van der Waals surface area contributed by atoms with Crippen molar-refractivity contribution in [2.75, 3.05) is 7.11 Å². The van der Waals surface area contributed by atoms with Crippen LogP contribution in [0.1, 0.15) is 42.4 Å². The van der Waals surface area contributed by atoms with Crippen LogP contribution >= 0.6 is 0 Å². The van der Waals surface area contributed by atoms with Crippen LogP contribution in [0.15, 0.2) is 84.9 Å². The number of amides is 1. The number of nitrogens with zero attached hydrogens (tertiary/aromatic N) is 2. The average molecular weight is 440 g/mol. The second-order valence-corrected chi connectivity index (χ2v) is 7.82. The van der Waals surface area contributed by atoms with E-state index in [0.29, 0.717) is 17.9 Å². The molecule has 0 bridgehead atoms. The van der Waals surface area contributed by atoms with Gasteiger partial charge in [0.2, 0.25) is 0 Å². The standard InChI is InChI=1S/C28H29N3O2/c1-4-24(20-12-8-6-9-13-20)29-28(32)26-25(21-16-18-23(33-3)19-17-21)30-27(31(26)5-2)22-14-10-7-11-15-22/h6-19,24H,4-5H2,1-3H3,(H,29,32). The fraction of sp³-hybridized carbons (Fsp3) is 0.214. The van der Waals surface area contributed by atoms with Crippen LogP contribution in [0.3, 0.4) is 0 Å². The first-order valence-electron chi connectivity index (χ1n) is 11.3. The largest absolute Gasteiger partial charge is 0.497 e. The Bertz CT molecular complexity index is 1200. The number of imidazole rings is 1. The maximum Gasteiger partial charge on any atom is 0.270 e. The van der Waals surface area contributed by atoms with E-state index in [1.54, 1.807) is 7.11 Å². The molecule has 5 nitrogen and oxygen atoms in total. The first-order valence-corrected chi connectivity index (χ1v) is 11.3. The summed E-state index contributed by atoms with van der Waals surface area (Å²) in [4.78, 5) is 18.7. The zero-order chi connectivity index (χ0) is 23.2. The molecule has 0 saturated heterocycles. The highest BCUT2D eigenvalue weighted by molar-refractivity contribution is 5.99. The average Bonchev–Trinajstić information content (AvgIpc) is 3.28. The van der Waals surface area contributed by atoms with Crippen LogP contribution < -0.4 is 10.1 Å². The molecule has 1 N–H and O–H groups in total. The molecule has 4 rings (SSSR count). The summed E-state index contributed by atoms with van der Waals surface area (Å²) in [6.07, 6.45) is 0.791. The zero-order valence-electron chi connectivity index (χ0n) is 19.3. The van der Waals surface area contributed by atoms with Gasteiger partial charge in [-0.15, -0.1) is 0 Å². The molecule has 0 aliphatic carbocycles. The molecule has 0 fully saturated rings. The Labute approximate surface area is 195 Å². The predicted octanol–water partition coefficient (Wildman–Crippen LogP) is 6.13. The van der Waals surface area contributed by atoms with E-state index >= 15 is 0 Å². The Morgan fingerprint density at radius 3 is 2.12 bits per heavy atom. The second-order valence-electron chi connectivity index (χ2n) is 7.82. The molecule has 0 aliphatic heterocycles. The number of nitrogens with one attached hydrogen (secondary N) is 1. The van der Waals surface area contributed by atoms with E-state index in [1.165, 1.54) is 0 Å². The Hall–Kier alpha value is -3.86. The van der Waals surface area contributed by atoms with Crippen molar-refractivity contribution in [2.45, 2.75) is 32.9 Å². The van der Waals surface area contributed by atoms with Crippen molar-refractivity contribution in [3.05, 3.63) is 96.2 Å². The maximum atomic E-state index is 13.7. The second kappa shape index (κ2) is 10.2. The highest BCUT2D eigenvalue weighted by Crippen LogP contribution is 2.31. The Balaban J connectivity index is 1.82. The lowest BCUT2D eigenvalue weighted by molar-refractivity contribution is 0.0927. The number of hydrogen-bond donors (Lipinski definition) is 1. The summed E-state index contributed by atoms with van der Waals surface area (Å²) in [5.41, 5.74) is 4.17. The number of ether oxygens (including phenoxy) is 1. The van der Waals surface area contributed by atoms with Gasteiger partial charge in [0.1, 0.15) is 23.0 Å². The minimum absolute atomic E-state index is 0.0807. The van der Waals surface area contributed by atoms with E-state index in [1.807, 2.05) is 96.4 Å². The highest BCUT2D eigenvalue weighted by atomic mass is 16.5. The number of hydrogen-bond acceptors (Lipinski definition) is 3. The summed E-state index contributed by atoms with van der Waals surface area (Å²) < 4.78 is 7.32. The lowest BCUT2D eigenvalue weighted by Gasteiger charge is -2.19. The number of carbonyl (C=O) groups is 1. The van der Waals surface area contributed by atoms with E-state index < -0.39 is 0 Å². The van der Waals surface area contributed by atoms with Crippen LogP contribution in [0.4, 0.5) is 0 Å². The van der Waals surface area contributed by atoms with Gasteiger partial charge in [-0.1, -0.05) is 67.6 Å². The van der Waals surface area contributed by atoms with Crippen LogP contribution in [-0.4, -0.2) is 22.6 Å². The first kappa shape index (κ1) is 22.3. The molecule has 4 aromatic rings. The smallest absolute Gasteiger partial charge is 0.270 e. The molecule has 168 valence electrons. The lowest BCUT2D eigenvalue weighted by Crippen LogP contribution is -2.30. The molecule has 0 spiro atoms. The SMILES string of the molecule is CCC(NC(=O)c1c(-c2ccc(OC)cc2)nc(-c2ccccc2)n1CC)c1ccccc1. The van der Waals surface area contributed by atoms with Crippen molar-refractivity contribution in [3.8, 4) is 28.4 Å². The third kappa shape index (κ3) is 4.67. The van der Waals surface area contributed by atoms with E-state index in [0.717, 1.165) is 34.7 Å². The van der Waals surface area contributed by atoms with Gasteiger partial charge < -0.3 is 14.6 Å². The third-order valence-corrected chi connectivity index (χ3v) is 5.81. The van der Waals surface area contributed by atoms with Gasteiger partial charge in [0, 0.05) is 17.7 Å². The number of carbonyl (C=O) groups excluding carboxylic acids is 1. The third-order valence-electron chi connectivity index (χ3n) is 5.81. The molecule has 1 amide bonds. The van der Waals surface area contributed by atoms with Crippen LogP contribution in [0.2, 0.25) is 0 Å². The fourth-order valence-electron chi connectivity index (χ4n) is 4.08. The fourth-order valence-corrected chi connectivity index (χ4v) is 4.08. The molecule has 1 unspecified atom stereocenters. The molecule has 3 aromatic carbocycles. The topological polar surface area (TPSA) is 56.1 Å². The normalized spacial score (nSPS) is 11.7. The lowest BCUT2D eigenvalue weighted by atomic mass is 10.0. The molecular weight excluding hydrogens is 410 g/mol. The summed E-state index contributed by atoms with van der Waals surface area (Å²) in [6, 6.07) is 27.7. The molecular formula is C28H29N3O2. The molecule has 0 saturated carbocycles. The number of methoxy groups -OCH3 is 1. The van der Waals surface area contributed by atoms with E-state index in [4.69, 9.17) is 9.72 Å².